The summed E-state index contributed by atoms with van der Waals surface area (Å²) in [5, 5.41) is 14.6. The predicted octanol–water partition coefficient (Wildman–Crippen LogP) is 3.85. The zero-order valence-corrected chi connectivity index (χ0v) is 16.3. The van der Waals surface area contributed by atoms with E-state index in [1.165, 1.54) is 6.33 Å². The Labute approximate surface area is 171 Å². The van der Waals surface area contributed by atoms with Crippen LogP contribution in [0, 0.1) is 6.92 Å². The van der Waals surface area contributed by atoms with Crippen molar-refractivity contribution in [3.63, 3.8) is 0 Å². The number of aromatic nitrogens is 5. The second kappa shape index (κ2) is 8.24. The Hall–Kier alpha value is -3.52. The zero-order chi connectivity index (χ0) is 20.2. The number of benzene rings is 2. The van der Waals surface area contributed by atoms with E-state index >= 15 is 0 Å². The van der Waals surface area contributed by atoms with Crippen molar-refractivity contribution in [2.75, 3.05) is 5.32 Å². The first kappa shape index (κ1) is 18.8. The van der Waals surface area contributed by atoms with Crippen molar-refractivity contribution in [3.8, 4) is 17.0 Å². The van der Waals surface area contributed by atoms with Gasteiger partial charge in [-0.3, -0.25) is 4.79 Å². The molecule has 2 heterocycles. The molecule has 2 aromatic heterocycles. The number of amides is 1. The van der Waals surface area contributed by atoms with E-state index in [0.29, 0.717) is 28.8 Å². The lowest BCUT2D eigenvalue weighted by molar-refractivity contribution is -0.116. The van der Waals surface area contributed by atoms with Crippen LogP contribution in [0.1, 0.15) is 17.9 Å². The molecule has 0 fully saturated rings. The lowest BCUT2D eigenvalue weighted by Crippen LogP contribution is -2.13. The molecule has 0 radical (unpaired) electrons. The molecule has 0 saturated carbocycles. The van der Waals surface area contributed by atoms with Gasteiger partial charge in [-0.2, -0.15) is 0 Å². The van der Waals surface area contributed by atoms with E-state index in [1.54, 1.807) is 16.9 Å². The molecule has 0 unspecified atom stereocenters. The average molecular weight is 409 g/mol. The lowest BCUT2D eigenvalue weighted by atomic mass is 10.1. The number of tetrazole rings is 1. The first-order chi connectivity index (χ1) is 14.1. The molecule has 4 rings (SSSR count). The molecule has 8 nitrogen and oxygen atoms in total. The molecule has 9 heteroatoms. The SMILES string of the molecule is Cc1ccc(NC(=O)CCc2ncc(-c3ccccc3Cl)o2)cc1-n1cnnn1. The summed E-state index contributed by atoms with van der Waals surface area (Å²) in [6, 6.07) is 12.9. The van der Waals surface area contributed by atoms with Crippen LogP contribution >= 0.6 is 11.6 Å². The molecule has 29 heavy (non-hydrogen) atoms. The fourth-order valence-electron chi connectivity index (χ4n) is 2.86. The summed E-state index contributed by atoms with van der Waals surface area (Å²) in [7, 11) is 0. The highest BCUT2D eigenvalue weighted by molar-refractivity contribution is 6.33. The van der Waals surface area contributed by atoms with Crippen LogP contribution in [0.4, 0.5) is 5.69 Å². The highest BCUT2D eigenvalue weighted by Gasteiger charge is 2.12. The zero-order valence-electron chi connectivity index (χ0n) is 15.5. The molecule has 0 aliphatic rings. The Morgan fingerprint density at radius 2 is 2.10 bits per heavy atom. The monoisotopic (exact) mass is 408 g/mol. The van der Waals surface area contributed by atoms with Gasteiger partial charge in [0.05, 0.1) is 16.9 Å². The molecule has 0 bridgehead atoms. The van der Waals surface area contributed by atoms with Gasteiger partial charge in [-0.05, 0) is 47.2 Å². The summed E-state index contributed by atoms with van der Waals surface area (Å²) in [6.45, 7) is 1.95. The van der Waals surface area contributed by atoms with Crippen LogP contribution in [0.3, 0.4) is 0 Å². The molecule has 1 N–H and O–H groups in total. The molecular weight excluding hydrogens is 392 g/mol. The van der Waals surface area contributed by atoms with Gasteiger partial charge in [-0.25, -0.2) is 9.67 Å². The van der Waals surface area contributed by atoms with Crippen LogP contribution in [0.2, 0.25) is 5.02 Å². The second-order valence-corrected chi connectivity index (χ2v) is 6.81. The van der Waals surface area contributed by atoms with Gasteiger partial charge in [0.15, 0.2) is 11.7 Å². The van der Waals surface area contributed by atoms with E-state index in [2.05, 4.69) is 25.8 Å². The molecule has 2 aromatic carbocycles. The van der Waals surface area contributed by atoms with Gasteiger partial charge in [0.2, 0.25) is 5.91 Å². The minimum absolute atomic E-state index is 0.144. The maximum atomic E-state index is 12.4. The van der Waals surface area contributed by atoms with E-state index in [0.717, 1.165) is 16.8 Å². The summed E-state index contributed by atoms with van der Waals surface area (Å²) in [4.78, 5) is 16.6. The van der Waals surface area contributed by atoms with E-state index < -0.39 is 0 Å². The van der Waals surface area contributed by atoms with E-state index in [-0.39, 0.29) is 12.3 Å². The van der Waals surface area contributed by atoms with Crippen molar-refractivity contribution in [3.05, 3.63) is 71.5 Å². The minimum atomic E-state index is -0.144. The fourth-order valence-corrected chi connectivity index (χ4v) is 3.09. The third-order valence-corrected chi connectivity index (χ3v) is 4.68. The smallest absolute Gasteiger partial charge is 0.224 e. The van der Waals surface area contributed by atoms with Gasteiger partial charge in [0, 0.05) is 24.1 Å². The molecule has 0 aliphatic carbocycles. The first-order valence-electron chi connectivity index (χ1n) is 8.93. The summed E-state index contributed by atoms with van der Waals surface area (Å²) < 4.78 is 7.28. The van der Waals surface area contributed by atoms with Crippen LogP contribution in [0.5, 0.6) is 0 Å². The molecule has 0 saturated heterocycles. The van der Waals surface area contributed by atoms with Crippen LogP contribution in [-0.4, -0.2) is 31.1 Å². The predicted molar refractivity (Wildman–Crippen MR) is 108 cm³/mol. The lowest BCUT2D eigenvalue weighted by Gasteiger charge is -2.09. The highest BCUT2D eigenvalue weighted by Crippen LogP contribution is 2.28. The van der Waals surface area contributed by atoms with Crippen LogP contribution in [0.25, 0.3) is 17.0 Å². The number of anilines is 1. The highest BCUT2D eigenvalue weighted by atomic mass is 35.5. The van der Waals surface area contributed by atoms with Crippen LogP contribution < -0.4 is 5.32 Å². The summed E-state index contributed by atoms with van der Waals surface area (Å²) >= 11 is 6.18. The largest absolute Gasteiger partial charge is 0.441 e. The number of carbonyl (C=O) groups excluding carboxylic acids is 1. The fraction of sp³-hybridized carbons (Fsp3) is 0.150. The molecule has 146 valence electrons. The van der Waals surface area contributed by atoms with Gasteiger partial charge < -0.3 is 9.73 Å². The number of hydrogen-bond acceptors (Lipinski definition) is 6. The standard InChI is InChI=1S/C20H17ClN6O2/c1-13-6-7-14(10-17(13)27-12-23-25-26-27)24-19(28)8-9-20-22-11-18(29-20)15-4-2-3-5-16(15)21/h2-7,10-12H,8-9H2,1H3,(H,24,28). The number of carbonyl (C=O) groups is 1. The van der Waals surface area contributed by atoms with Gasteiger partial charge in [0.1, 0.15) is 6.33 Å². The summed E-state index contributed by atoms with van der Waals surface area (Å²) in [6.07, 6.45) is 3.73. The Balaban J connectivity index is 1.39. The van der Waals surface area contributed by atoms with E-state index in [1.807, 2.05) is 43.3 Å². The molecule has 4 aromatic rings. The van der Waals surface area contributed by atoms with Gasteiger partial charge in [-0.15, -0.1) is 5.10 Å². The third-order valence-electron chi connectivity index (χ3n) is 4.35. The topological polar surface area (TPSA) is 98.7 Å². The number of aryl methyl sites for hydroxylation is 2. The maximum absolute atomic E-state index is 12.4. The molecule has 1 amide bonds. The van der Waals surface area contributed by atoms with Crippen LogP contribution in [-0.2, 0) is 11.2 Å². The molecular formula is C20H17ClN6O2. The Bertz CT molecular complexity index is 1140. The number of nitrogens with zero attached hydrogens (tertiary/aromatic N) is 5. The third kappa shape index (κ3) is 4.33. The minimum Gasteiger partial charge on any atom is -0.441 e. The van der Waals surface area contributed by atoms with Crippen LogP contribution in [0.15, 0.2) is 59.4 Å². The van der Waals surface area contributed by atoms with Crippen molar-refractivity contribution in [2.45, 2.75) is 19.8 Å². The van der Waals surface area contributed by atoms with Gasteiger partial charge >= 0.3 is 0 Å². The quantitative estimate of drug-likeness (QED) is 0.520. The van der Waals surface area contributed by atoms with E-state index in [9.17, 15) is 4.79 Å². The van der Waals surface area contributed by atoms with Crippen molar-refractivity contribution < 1.29 is 9.21 Å². The number of halogens is 1. The van der Waals surface area contributed by atoms with E-state index in [4.69, 9.17) is 16.0 Å². The van der Waals surface area contributed by atoms with Crippen molar-refractivity contribution in [2.24, 2.45) is 0 Å². The Morgan fingerprint density at radius 1 is 1.24 bits per heavy atom. The molecule has 0 spiro atoms. The second-order valence-electron chi connectivity index (χ2n) is 6.40. The van der Waals surface area contributed by atoms with Gasteiger partial charge in [0.25, 0.3) is 0 Å². The number of hydrogen-bond donors (Lipinski definition) is 1. The van der Waals surface area contributed by atoms with Crippen molar-refractivity contribution in [1.82, 2.24) is 25.2 Å². The average Bonchev–Trinajstić information content (AvgIpc) is 3.40. The summed E-state index contributed by atoms with van der Waals surface area (Å²) in [5.74, 6) is 0.915. The first-order valence-corrected chi connectivity index (χ1v) is 9.31. The number of rotatable bonds is 6. The Morgan fingerprint density at radius 3 is 2.90 bits per heavy atom. The van der Waals surface area contributed by atoms with Crippen molar-refractivity contribution in [1.29, 1.82) is 0 Å². The number of oxazole rings is 1. The number of nitrogens with one attached hydrogen (secondary N) is 1. The van der Waals surface area contributed by atoms with Crippen molar-refractivity contribution >= 4 is 23.2 Å². The molecule has 0 aliphatic heterocycles. The maximum Gasteiger partial charge on any atom is 0.224 e. The van der Waals surface area contributed by atoms with Gasteiger partial charge in [-0.1, -0.05) is 29.8 Å². The Kier molecular flexibility index (Phi) is 5.35. The molecule has 0 atom stereocenters. The normalized spacial score (nSPS) is 10.8. The summed E-state index contributed by atoms with van der Waals surface area (Å²) in [5.41, 5.74) is 3.22.